The first-order chi connectivity index (χ1) is 9.63. The Morgan fingerprint density at radius 3 is 2.85 bits per heavy atom. The van der Waals surface area contributed by atoms with Crippen LogP contribution < -0.4 is 0 Å². The zero-order valence-corrected chi connectivity index (χ0v) is 11.4. The second kappa shape index (κ2) is 8.92. The highest BCUT2D eigenvalue weighted by atomic mass is 16.5. The summed E-state index contributed by atoms with van der Waals surface area (Å²) in [6.07, 6.45) is 5.05. The molecule has 0 atom stereocenters. The summed E-state index contributed by atoms with van der Waals surface area (Å²) in [5, 5.41) is 8.70. The van der Waals surface area contributed by atoms with Crippen LogP contribution in [0.15, 0.2) is 28.9 Å². The lowest BCUT2D eigenvalue weighted by molar-refractivity contribution is -0.138. The van der Waals surface area contributed by atoms with Gasteiger partial charge in [0.25, 0.3) is 0 Å². The van der Waals surface area contributed by atoms with Crippen LogP contribution in [0, 0.1) is 0 Å². The van der Waals surface area contributed by atoms with Gasteiger partial charge in [0.05, 0.1) is 12.7 Å². The van der Waals surface area contributed by atoms with Crippen LogP contribution in [-0.4, -0.2) is 48.7 Å². The molecule has 0 spiro atoms. The zero-order chi connectivity index (χ0) is 14.8. The molecule has 1 aromatic heterocycles. The number of carbonyl (C=O) groups is 2. The topological polar surface area (TPSA) is 80.0 Å². The van der Waals surface area contributed by atoms with Gasteiger partial charge >= 0.3 is 5.97 Å². The molecule has 0 unspecified atom stereocenters. The highest BCUT2D eigenvalue weighted by Crippen LogP contribution is 2.04. The highest BCUT2D eigenvalue weighted by molar-refractivity contribution is 5.91. The number of hydrogen-bond acceptors (Lipinski definition) is 4. The number of amides is 1. The third kappa shape index (κ3) is 6.19. The van der Waals surface area contributed by atoms with Crippen LogP contribution in [0.1, 0.15) is 18.6 Å². The molecule has 20 heavy (non-hydrogen) atoms. The maximum Gasteiger partial charge on any atom is 0.305 e. The molecule has 1 N–H and O–H groups in total. The summed E-state index contributed by atoms with van der Waals surface area (Å²) in [7, 11) is 1.58. The van der Waals surface area contributed by atoms with E-state index in [9.17, 15) is 9.59 Å². The molecule has 0 radical (unpaired) electrons. The minimum absolute atomic E-state index is 0.0761. The molecule has 0 aliphatic heterocycles. The van der Waals surface area contributed by atoms with Gasteiger partial charge in [-0.25, -0.2) is 0 Å². The summed E-state index contributed by atoms with van der Waals surface area (Å²) in [5.74, 6) is -0.586. The standard InChI is InChI=1S/C14H19NO5/c1-19-10-3-8-15(9-7-14(17)18)13(16)6-5-12-4-2-11-20-12/h2,4-6,11H,3,7-10H2,1H3,(H,17,18)/b6-5+. The Hall–Kier alpha value is -2.08. The van der Waals surface area contributed by atoms with Crippen molar-refractivity contribution in [2.45, 2.75) is 12.8 Å². The van der Waals surface area contributed by atoms with Crippen LogP contribution >= 0.6 is 0 Å². The van der Waals surface area contributed by atoms with E-state index < -0.39 is 5.97 Å². The molecular formula is C14H19NO5. The van der Waals surface area contributed by atoms with Crippen molar-refractivity contribution < 1.29 is 23.8 Å². The van der Waals surface area contributed by atoms with E-state index >= 15 is 0 Å². The van der Waals surface area contributed by atoms with Crippen LogP contribution in [0.25, 0.3) is 6.08 Å². The predicted molar refractivity (Wildman–Crippen MR) is 73.1 cm³/mol. The summed E-state index contributed by atoms with van der Waals surface area (Å²) in [4.78, 5) is 24.1. The summed E-state index contributed by atoms with van der Waals surface area (Å²) in [5.41, 5.74) is 0. The Morgan fingerprint density at radius 2 is 2.25 bits per heavy atom. The van der Waals surface area contributed by atoms with Crippen molar-refractivity contribution in [3.63, 3.8) is 0 Å². The Balaban J connectivity index is 2.55. The molecule has 110 valence electrons. The summed E-state index contributed by atoms with van der Waals surface area (Å²) < 4.78 is 10.0. The van der Waals surface area contributed by atoms with Crippen LogP contribution in [0.4, 0.5) is 0 Å². The van der Waals surface area contributed by atoms with Gasteiger partial charge in [-0.05, 0) is 24.6 Å². The third-order valence-electron chi connectivity index (χ3n) is 2.62. The quantitative estimate of drug-likeness (QED) is 0.549. The molecule has 0 bridgehead atoms. The van der Waals surface area contributed by atoms with Crippen molar-refractivity contribution in [2.75, 3.05) is 26.8 Å². The first-order valence-electron chi connectivity index (χ1n) is 6.34. The molecule has 0 fully saturated rings. The smallest absolute Gasteiger partial charge is 0.305 e. The van der Waals surface area contributed by atoms with Gasteiger partial charge in [0.1, 0.15) is 5.76 Å². The van der Waals surface area contributed by atoms with Gasteiger partial charge in [-0.3, -0.25) is 9.59 Å². The van der Waals surface area contributed by atoms with Crippen molar-refractivity contribution in [3.05, 3.63) is 30.2 Å². The number of aliphatic carboxylic acids is 1. The Morgan fingerprint density at radius 1 is 1.45 bits per heavy atom. The second-order valence-corrected chi connectivity index (χ2v) is 4.16. The van der Waals surface area contributed by atoms with Crippen LogP contribution in [0.2, 0.25) is 0 Å². The first kappa shape index (κ1) is 16.0. The van der Waals surface area contributed by atoms with Crippen molar-refractivity contribution in [1.29, 1.82) is 0 Å². The number of nitrogens with zero attached hydrogens (tertiary/aromatic N) is 1. The van der Waals surface area contributed by atoms with Crippen molar-refractivity contribution in [2.24, 2.45) is 0 Å². The normalized spacial score (nSPS) is 10.8. The van der Waals surface area contributed by atoms with E-state index in [1.807, 2.05) is 0 Å². The SMILES string of the molecule is COCCCN(CCC(=O)O)C(=O)/C=C/c1ccco1. The fourth-order valence-electron chi connectivity index (χ4n) is 1.61. The van der Waals surface area contributed by atoms with Gasteiger partial charge in [0, 0.05) is 32.9 Å². The van der Waals surface area contributed by atoms with E-state index in [2.05, 4.69) is 0 Å². The van der Waals surface area contributed by atoms with Crippen LogP contribution in [-0.2, 0) is 14.3 Å². The van der Waals surface area contributed by atoms with Gasteiger partial charge in [0.2, 0.25) is 5.91 Å². The second-order valence-electron chi connectivity index (χ2n) is 4.16. The molecule has 0 aromatic carbocycles. The fraction of sp³-hybridized carbons (Fsp3) is 0.429. The highest BCUT2D eigenvalue weighted by Gasteiger charge is 2.12. The lowest BCUT2D eigenvalue weighted by Crippen LogP contribution is -2.33. The molecule has 0 saturated carbocycles. The molecule has 0 saturated heterocycles. The van der Waals surface area contributed by atoms with E-state index in [0.29, 0.717) is 25.3 Å². The van der Waals surface area contributed by atoms with E-state index in [4.69, 9.17) is 14.3 Å². The van der Waals surface area contributed by atoms with E-state index in [-0.39, 0.29) is 18.9 Å². The number of furan rings is 1. The molecule has 6 heteroatoms. The monoisotopic (exact) mass is 281 g/mol. The Kier molecular flexibility index (Phi) is 7.13. The average Bonchev–Trinajstić information content (AvgIpc) is 2.93. The number of carbonyl (C=O) groups excluding carboxylic acids is 1. The molecule has 6 nitrogen and oxygen atoms in total. The predicted octanol–water partition coefficient (Wildman–Crippen LogP) is 1.63. The molecule has 1 aromatic rings. The van der Waals surface area contributed by atoms with Gasteiger partial charge < -0.3 is 19.2 Å². The number of ether oxygens (including phenoxy) is 1. The zero-order valence-electron chi connectivity index (χ0n) is 11.4. The van der Waals surface area contributed by atoms with E-state index in [1.54, 1.807) is 25.3 Å². The van der Waals surface area contributed by atoms with Crippen LogP contribution in [0.5, 0.6) is 0 Å². The number of methoxy groups -OCH3 is 1. The van der Waals surface area contributed by atoms with Gasteiger partial charge in [0.15, 0.2) is 0 Å². The number of carboxylic acid groups (broad SMARTS) is 1. The molecule has 1 amide bonds. The molecular weight excluding hydrogens is 262 g/mol. The van der Waals surface area contributed by atoms with Gasteiger partial charge in [-0.2, -0.15) is 0 Å². The molecule has 0 aliphatic rings. The Labute approximate surface area is 117 Å². The average molecular weight is 281 g/mol. The number of hydrogen-bond donors (Lipinski definition) is 1. The molecule has 1 heterocycles. The first-order valence-corrected chi connectivity index (χ1v) is 6.34. The molecule has 0 aliphatic carbocycles. The lowest BCUT2D eigenvalue weighted by atomic mass is 10.3. The van der Waals surface area contributed by atoms with Crippen molar-refractivity contribution >= 4 is 18.0 Å². The summed E-state index contributed by atoms with van der Waals surface area (Å²) in [6.45, 7) is 1.17. The maximum absolute atomic E-state index is 12.0. The fourth-order valence-corrected chi connectivity index (χ4v) is 1.61. The Bertz CT molecular complexity index is 438. The minimum atomic E-state index is -0.926. The van der Waals surface area contributed by atoms with Crippen LogP contribution in [0.3, 0.4) is 0 Å². The van der Waals surface area contributed by atoms with Gasteiger partial charge in [-0.15, -0.1) is 0 Å². The van der Waals surface area contributed by atoms with E-state index in [1.165, 1.54) is 17.2 Å². The van der Waals surface area contributed by atoms with Crippen molar-refractivity contribution in [1.82, 2.24) is 4.90 Å². The van der Waals surface area contributed by atoms with Crippen molar-refractivity contribution in [3.8, 4) is 0 Å². The number of rotatable bonds is 9. The lowest BCUT2D eigenvalue weighted by Gasteiger charge is -2.20. The summed E-state index contributed by atoms with van der Waals surface area (Å²) in [6, 6.07) is 3.46. The largest absolute Gasteiger partial charge is 0.481 e. The van der Waals surface area contributed by atoms with Gasteiger partial charge in [-0.1, -0.05) is 0 Å². The van der Waals surface area contributed by atoms with E-state index in [0.717, 1.165) is 0 Å². The maximum atomic E-state index is 12.0. The third-order valence-corrected chi connectivity index (χ3v) is 2.62. The summed E-state index contributed by atoms with van der Waals surface area (Å²) >= 11 is 0. The molecule has 1 rings (SSSR count). The number of carboxylic acids is 1. The minimum Gasteiger partial charge on any atom is -0.481 e.